The lowest BCUT2D eigenvalue weighted by atomic mass is 10.0. The Hall–Kier alpha value is -2.77. The van der Waals surface area contributed by atoms with Gasteiger partial charge in [0.15, 0.2) is 0 Å². The molecule has 4 rings (SSSR count). The Morgan fingerprint density at radius 1 is 0.941 bits per heavy atom. The second-order valence-corrected chi connectivity index (χ2v) is 9.79. The fourth-order valence-electron chi connectivity index (χ4n) is 4.50. The lowest BCUT2D eigenvalue weighted by molar-refractivity contribution is -0.133. The number of para-hydroxylation sites is 1. The van der Waals surface area contributed by atoms with Gasteiger partial charge in [-0.05, 0) is 49.8 Å². The number of likely N-dealkylation sites (tertiary alicyclic amines) is 1. The maximum Gasteiger partial charge on any atom is 0.318 e. The number of nitrogens with zero attached hydrogens (tertiary/aromatic N) is 4. The van der Waals surface area contributed by atoms with Crippen molar-refractivity contribution in [2.75, 3.05) is 58.3 Å². The Balaban J connectivity index is 1.42. The van der Waals surface area contributed by atoms with Crippen LogP contribution >= 0.6 is 11.6 Å². The number of rotatable bonds is 7. The summed E-state index contributed by atoms with van der Waals surface area (Å²) < 4.78 is 0. The highest BCUT2D eigenvalue weighted by Gasteiger charge is 2.31. The molecule has 1 unspecified atom stereocenters. The first-order chi connectivity index (χ1) is 16.4. The summed E-state index contributed by atoms with van der Waals surface area (Å²) in [4.78, 5) is 34.3. The Morgan fingerprint density at radius 3 is 2.24 bits per heavy atom. The van der Waals surface area contributed by atoms with Gasteiger partial charge in [0.25, 0.3) is 0 Å². The molecule has 7 nitrogen and oxygen atoms in total. The highest BCUT2D eigenvalue weighted by molar-refractivity contribution is 6.30. The average Bonchev–Trinajstić information content (AvgIpc) is 2.78. The van der Waals surface area contributed by atoms with Gasteiger partial charge in [0.2, 0.25) is 5.91 Å². The number of amides is 3. The van der Waals surface area contributed by atoms with Gasteiger partial charge in [0.1, 0.15) is 6.04 Å². The Kier molecular flexibility index (Phi) is 7.95. The molecule has 34 heavy (non-hydrogen) atoms. The molecule has 2 saturated heterocycles. The molecule has 0 aromatic heterocycles. The summed E-state index contributed by atoms with van der Waals surface area (Å²) in [6.45, 7) is 5.17. The molecule has 1 N–H and O–H groups in total. The number of nitrogens with one attached hydrogen (secondary N) is 1. The maximum atomic E-state index is 13.5. The molecule has 2 aliphatic rings. The molecule has 2 fully saturated rings. The summed E-state index contributed by atoms with van der Waals surface area (Å²) in [5.74, 6) is -0.0231. The minimum Gasteiger partial charge on any atom is -0.368 e. The first-order valence-corrected chi connectivity index (χ1v) is 12.3. The van der Waals surface area contributed by atoms with E-state index in [9.17, 15) is 9.59 Å². The van der Waals surface area contributed by atoms with E-state index in [2.05, 4.69) is 53.5 Å². The van der Waals surface area contributed by atoms with Crippen LogP contribution in [0.3, 0.4) is 0 Å². The molecular weight excluding hydrogens is 450 g/mol. The predicted octanol–water partition coefficient (Wildman–Crippen LogP) is 3.08. The number of urea groups is 1. The van der Waals surface area contributed by atoms with Crippen LogP contribution in [-0.4, -0.2) is 86.0 Å². The van der Waals surface area contributed by atoms with Crippen LogP contribution in [0, 0.1) is 0 Å². The lowest BCUT2D eigenvalue weighted by Crippen LogP contribution is -2.58. The first kappa shape index (κ1) is 24.4. The molecule has 0 bridgehead atoms. The van der Waals surface area contributed by atoms with Gasteiger partial charge in [-0.1, -0.05) is 41.9 Å². The third-order valence-electron chi connectivity index (χ3n) is 6.50. The zero-order chi connectivity index (χ0) is 24.1. The lowest BCUT2D eigenvalue weighted by Gasteiger charge is -2.39. The van der Waals surface area contributed by atoms with Crippen molar-refractivity contribution in [2.24, 2.45) is 0 Å². The van der Waals surface area contributed by atoms with Crippen LogP contribution in [-0.2, 0) is 17.8 Å². The van der Waals surface area contributed by atoms with Crippen LogP contribution in [0.25, 0.3) is 0 Å². The Morgan fingerprint density at radius 2 is 1.62 bits per heavy atom. The van der Waals surface area contributed by atoms with Crippen LogP contribution in [0.2, 0.25) is 5.02 Å². The van der Waals surface area contributed by atoms with Crippen LogP contribution in [0.1, 0.15) is 17.5 Å². The number of hydrogen-bond acceptors (Lipinski definition) is 4. The molecule has 0 aliphatic carbocycles. The van der Waals surface area contributed by atoms with E-state index in [1.807, 2.05) is 29.2 Å². The molecule has 2 heterocycles. The fraction of sp³-hybridized carbons (Fsp3) is 0.462. The summed E-state index contributed by atoms with van der Waals surface area (Å²) in [6.07, 6.45) is 1.46. The Labute approximate surface area is 207 Å². The number of hydrogen-bond donors (Lipinski definition) is 1. The minimum atomic E-state index is -0.596. The van der Waals surface area contributed by atoms with Crippen LogP contribution < -0.4 is 10.2 Å². The molecule has 0 radical (unpaired) electrons. The molecular formula is C26H34ClN5O2. The van der Waals surface area contributed by atoms with Crippen LogP contribution in [0.15, 0.2) is 48.5 Å². The summed E-state index contributed by atoms with van der Waals surface area (Å²) >= 11 is 6.03. The van der Waals surface area contributed by atoms with E-state index in [0.717, 1.165) is 44.7 Å². The standard InChI is InChI=1S/C26H34ClN5O2/c1-29(2)19-21-6-3-4-7-24(21)30-14-16-31(17-15-30)25(33)23(28-26(34)32-12-5-13-32)18-20-8-10-22(27)11-9-20/h3-4,6-11,23H,5,12-19H2,1-2H3,(H,28,34). The van der Waals surface area contributed by atoms with Crippen molar-refractivity contribution in [3.8, 4) is 0 Å². The van der Waals surface area contributed by atoms with Gasteiger partial charge < -0.3 is 24.9 Å². The van der Waals surface area contributed by atoms with Gasteiger partial charge in [0.05, 0.1) is 0 Å². The van der Waals surface area contributed by atoms with Gasteiger partial charge in [-0.2, -0.15) is 0 Å². The van der Waals surface area contributed by atoms with Gasteiger partial charge in [-0.25, -0.2) is 4.79 Å². The molecule has 0 saturated carbocycles. The number of piperazine rings is 1. The average molecular weight is 484 g/mol. The fourth-order valence-corrected chi connectivity index (χ4v) is 4.62. The number of halogens is 1. The second kappa shape index (κ2) is 11.1. The van der Waals surface area contributed by atoms with Crippen molar-refractivity contribution in [1.82, 2.24) is 20.0 Å². The second-order valence-electron chi connectivity index (χ2n) is 9.35. The third-order valence-corrected chi connectivity index (χ3v) is 6.75. The van der Waals surface area contributed by atoms with Crippen LogP contribution in [0.5, 0.6) is 0 Å². The van der Waals surface area contributed by atoms with Crippen molar-refractivity contribution in [2.45, 2.75) is 25.4 Å². The largest absolute Gasteiger partial charge is 0.368 e. The third kappa shape index (κ3) is 6.02. The van der Waals surface area contributed by atoms with Crippen molar-refractivity contribution >= 4 is 29.2 Å². The van der Waals surface area contributed by atoms with Crippen molar-refractivity contribution in [3.63, 3.8) is 0 Å². The van der Waals surface area contributed by atoms with Crippen LogP contribution in [0.4, 0.5) is 10.5 Å². The van der Waals surface area contributed by atoms with E-state index in [1.54, 1.807) is 4.90 Å². The van der Waals surface area contributed by atoms with Gasteiger partial charge in [-0.15, -0.1) is 0 Å². The van der Waals surface area contributed by atoms with Gasteiger partial charge in [0, 0.05) is 62.9 Å². The van der Waals surface area contributed by atoms with E-state index in [-0.39, 0.29) is 11.9 Å². The smallest absolute Gasteiger partial charge is 0.318 e. The summed E-state index contributed by atoms with van der Waals surface area (Å²) in [6, 6.07) is 15.2. The number of carbonyl (C=O) groups excluding carboxylic acids is 2. The van der Waals surface area contributed by atoms with E-state index in [4.69, 9.17) is 11.6 Å². The van der Waals surface area contributed by atoms with Crippen molar-refractivity contribution in [3.05, 3.63) is 64.7 Å². The number of carbonyl (C=O) groups is 2. The zero-order valence-electron chi connectivity index (χ0n) is 20.0. The normalized spacial score (nSPS) is 16.9. The Bertz CT molecular complexity index is 985. The first-order valence-electron chi connectivity index (χ1n) is 12.0. The maximum absolute atomic E-state index is 13.5. The molecule has 0 spiro atoms. The van der Waals surface area contributed by atoms with Crippen molar-refractivity contribution < 1.29 is 9.59 Å². The molecule has 2 aliphatic heterocycles. The summed E-state index contributed by atoms with van der Waals surface area (Å²) in [7, 11) is 4.14. The minimum absolute atomic E-state index is 0.0231. The zero-order valence-corrected chi connectivity index (χ0v) is 20.8. The molecule has 3 amide bonds. The number of benzene rings is 2. The van der Waals surface area contributed by atoms with E-state index >= 15 is 0 Å². The molecule has 8 heteroatoms. The summed E-state index contributed by atoms with van der Waals surface area (Å²) in [5.41, 5.74) is 3.49. The molecule has 2 aromatic carbocycles. The van der Waals surface area contributed by atoms with Gasteiger partial charge in [-0.3, -0.25) is 4.79 Å². The SMILES string of the molecule is CN(C)Cc1ccccc1N1CCN(C(=O)C(Cc2ccc(Cl)cc2)NC(=O)N2CCC2)CC1. The predicted molar refractivity (Wildman–Crippen MR) is 136 cm³/mol. The monoisotopic (exact) mass is 483 g/mol. The van der Waals surface area contributed by atoms with E-state index in [1.165, 1.54) is 11.3 Å². The van der Waals surface area contributed by atoms with Gasteiger partial charge >= 0.3 is 6.03 Å². The topological polar surface area (TPSA) is 59.1 Å². The number of anilines is 1. The molecule has 1 atom stereocenters. The van der Waals surface area contributed by atoms with Crippen molar-refractivity contribution in [1.29, 1.82) is 0 Å². The molecule has 182 valence electrons. The highest BCUT2D eigenvalue weighted by Crippen LogP contribution is 2.23. The quantitative estimate of drug-likeness (QED) is 0.657. The van der Waals surface area contributed by atoms with E-state index in [0.29, 0.717) is 24.5 Å². The van der Waals surface area contributed by atoms with E-state index < -0.39 is 6.04 Å². The summed E-state index contributed by atoms with van der Waals surface area (Å²) in [5, 5.41) is 3.65. The molecule has 2 aromatic rings. The highest BCUT2D eigenvalue weighted by atomic mass is 35.5.